The van der Waals surface area contributed by atoms with Crippen molar-refractivity contribution in [3.8, 4) is 11.3 Å². The topological polar surface area (TPSA) is 120 Å². The third-order valence-corrected chi connectivity index (χ3v) is 6.20. The number of aromatic carboxylic acids is 1. The highest BCUT2D eigenvalue weighted by molar-refractivity contribution is 8.18. The maximum atomic E-state index is 12.7. The SMILES string of the molecule is Cc1ccccc1NC(=O)CN1C(=O)S/C(=C/c2ccc(-c3ccc(Cl)c(C(=O)[O-])c3)o2)C1=O. The van der Waals surface area contributed by atoms with Crippen molar-refractivity contribution in [1.82, 2.24) is 4.90 Å². The summed E-state index contributed by atoms with van der Waals surface area (Å²) in [5, 5.41) is 13.4. The number of carbonyl (C=O) groups is 4. The largest absolute Gasteiger partial charge is 0.545 e. The van der Waals surface area contributed by atoms with Crippen LogP contribution >= 0.6 is 23.4 Å². The molecule has 1 N–H and O–H groups in total. The van der Waals surface area contributed by atoms with Crippen molar-refractivity contribution >= 4 is 58.1 Å². The lowest BCUT2D eigenvalue weighted by Gasteiger charge is -2.13. The number of nitrogens with zero attached hydrogens (tertiary/aromatic N) is 1. The first-order valence-corrected chi connectivity index (χ1v) is 11.1. The van der Waals surface area contributed by atoms with E-state index in [0.717, 1.165) is 10.5 Å². The summed E-state index contributed by atoms with van der Waals surface area (Å²) in [6, 6.07) is 14.6. The highest BCUT2D eigenvalue weighted by Crippen LogP contribution is 2.34. The summed E-state index contributed by atoms with van der Waals surface area (Å²) >= 11 is 6.56. The second-order valence-corrected chi connectivity index (χ2v) is 8.72. The molecule has 1 aliphatic heterocycles. The molecule has 172 valence electrons. The average Bonchev–Trinajstić information content (AvgIpc) is 3.36. The molecule has 0 saturated carbocycles. The van der Waals surface area contributed by atoms with Crippen LogP contribution in [0, 0.1) is 6.92 Å². The Hall–Kier alpha value is -3.82. The van der Waals surface area contributed by atoms with E-state index >= 15 is 0 Å². The van der Waals surface area contributed by atoms with E-state index in [-0.39, 0.29) is 21.3 Å². The van der Waals surface area contributed by atoms with Crippen LogP contribution in [0.3, 0.4) is 0 Å². The number of hydrogen-bond acceptors (Lipinski definition) is 7. The van der Waals surface area contributed by atoms with Crippen LogP contribution in [0.2, 0.25) is 5.02 Å². The molecule has 2 heterocycles. The first-order chi connectivity index (χ1) is 16.2. The van der Waals surface area contributed by atoms with Gasteiger partial charge in [-0.25, -0.2) is 0 Å². The van der Waals surface area contributed by atoms with Crippen LogP contribution in [0.15, 0.2) is 63.9 Å². The molecule has 1 fully saturated rings. The fraction of sp³-hybridized carbons (Fsp3) is 0.0833. The minimum atomic E-state index is -1.42. The van der Waals surface area contributed by atoms with Crippen molar-refractivity contribution in [2.45, 2.75) is 6.92 Å². The van der Waals surface area contributed by atoms with E-state index in [4.69, 9.17) is 16.0 Å². The number of amides is 3. The van der Waals surface area contributed by atoms with Gasteiger partial charge in [-0.2, -0.15) is 0 Å². The Bertz CT molecular complexity index is 1360. The van der Waals surface area contributed by atoms with Gasteiger partial charge in [0.1, 0.15) is 18.1 Å². The zero-order valence-corrected chi connectivity index (χ0v) is 19.2. The third-order valence-electron chi connectivity index (χ3n) is 4.97. The number of anilines is 1. The van der Waals surface area contributed by atoms with Gasteiger partial charge in [-0.05, 0) is 60.6 Å². The summed E-state index contributed by atoms with van der Waals surface area (Å²) in [4.78, 5) is 49.6. The molecule has 0 atom stereocenters. The van der Waals surface area contributed by atoms with Gasteiger partial charge in [-0.3, -0.25) is 19.3 Å². The van der Waals surface area contributed by atoms with Crippen LogP contribution < -0.4 is 10.4 Å². The second-order valence-electron chi connectivity index (χ2n) is 7.32. The van der Waals surface area contributed by atoms with Crippen LogP contribution in [0.4, 0.5) is 10.5 Å². The van der Waals surface area contributed by atoms with Gasteiger partial charge in [-0.15, -0.1) is 0 Å². The molecule has 1 aromatic heterocycles. The zero-order chi connectivity index (χ0) is 24.4. The normalized spacial score (nSPS) is 14.6. The highest BCUT2D eigenvalue weighted by Gasteiger charge is 2.36. The Kier molecular flexibility index (Phi) is 6.58. The molecule has 0 radical (unpaired) electrons. The molecule has 1 saturated heterocycles. The maximum Gasteiger partial charge on any atom is 0.294 e. The Labute approximate surface area is 203 Å². The van der Waals surface area contributed by atoms with Gasteiger partial charge < -0.3 is 19.6 Å². The molecule has 0 unspecified atom stereocenters. The molecular formula is C24H16ClN2O6S-. The molecule has 0 aliphatic carbocycles. The summed E-state index contributed by atoms with van der Waals surface area (Å²) < 4.78 is 5.69. The number of rotatable bonds is 6. The lowest BCUT2D eigenvalue weighted by atomic mass is 10.1. The van der Waals surface area contributed by atoms with Gasteiger partial charge in [0, 0.05) is 27.9 Å². The maximum absolute atomic E-state index is 12.7. The van der Waals surface area contributed by atoms with Crippen molar-refractivity contribution in [3.63, 3.8) is 0 Å². The number of benzene rings is 2. The van der Waals surface area contributed by atoms with Gasteiger partial charge in [0.05, 0.1) is 10.9 Å². The predicted molar refractivity (Wildman–Crippen MR) is 126 cm³/mol. The molecule has 3 amide bonds. The summed E-state index contributed by atoms with van der Waals surface area (Å²) in [5.41, 5.74) is 1.72. The van der Waals surface area contributed by atoms with Gasteiger partial charge in [0.2, 0.25) is 5.91 Å². The summed E-state index contributed by atoms with van der Waals surface area (Å²) in [6.45, 7) is 1.41. The highest BCUT2D eigenvalue weighted by atomic mass is 35.5. The van der Waals surface area contributed by atoms with E-state index < -0.39 is 29.6 Å². The Morgan fingerprint density at radius 1 is 1.15 bits per heavy atom. The number of halogens is 1. The Balaban J connectivity index is 1.48. The molecule has 3 aromatic rings. The summed E-state index contributed by atoms with van der Waals surface area (Å²) in [5.74, 6) is -1.92. The molecule has 1 aliphatic rings. The molecule has 34 heavy (non-hydrogen) atoms. The van der Waals surface area contributed by atoms with Crippen molar-refractivity contribution in [1.29, 1.82) is 0 Å². The second kappa shape index (κ2) is 9.58. The van der Waals surface area contributed by atoms with Gasteiger partial charge in [0.25, 0.3) is 11.1 Å². The molecule has 2 aromatic carbocycles. The Morgan fingerprint density at radius 3 is 2.65 bits per heavy atom. The lowest BCUT2D eigenvalue weighted by molar-refractivity contribution is -0.255. The van der Waals surface area contributed by atoms with Gasteiger partial charge in [-0.1, -0.05) is 29.8 Å². The molecule has 0 bridgehead atoms. The smallest absolute Gasteiger partial charge is 0.294 e. The quantitative estimate of drug-likeness (QED) is 0.514. The monoisotopic (exact) mass is 495 g/mol. The molecular weight excluding hydrogens is 480 g/mol. The van der Waals surface area contributed by atoms with Crippen molar-refractivity contribution in [2.24, 2.45) is 0 Å². The average molecular weight is 496 g/mol. The lowest BCUT2D eigenvalue weighted by Crippen LogP contribution is -2.36. The fourth-order valence-electron chi connectivity index (χ4n) is 3.23. The van der Waals surface area contributed by atoms with Gasteiger partial charge in [0.15, 0.2) is 0 Å². The van der Waals surface area contributed by atoms with Crippen LogP contribution in [-0.2, 0) is 9.59 Å². The van der Waals surface area contributed by atoms with E-state index in [0.29, 0.717) is 28.8 Å². The number of aryl methyl sites for hydroxylation is 1. The number of para-hydroxylation sites is 1. The molecule has 10 heteroatoms. The number of carboxylic acid groups (broad SMARTS) is 1. The van der Waals surface area contributed by atoms with E-state index in [1.807, 2.05) is 19.1 Å². The zero-order valence-electron chi connectivity index (χ0n) is 17.7. The fourth-order valence-corrected chi connectivity index (χ4v) is 4.25. The molecule has 0 spiro atoms. The number of carbonyl (C=O) groups excluding carboxylic acids is 4. The van der Waals surface area contributed by atoms with Crippen molar-refractivity contribution in [2.75, 3.05) is 11.9 Å². The summed E-state index contributed by atoms with van der Waals surface area (Å²) in [7, 11) is 0. The molecule has 8 nitrogen and oxygen atoms in total. The van der Waals surface area contributed by atoms with Crippen LogP contribution in [0.25, 0.3) is 17.4 Å². The Morgan fingerprint density at radius 2 is 1.91 bits per heavy atom. The van der Waals surface area contributed by atoms with Crippen LogP contribution in [0.1, 0.15) is 21.7 Å². The minimum absolute atomic E-state index is 0.0377. The number of thioether (sulfide) groups is 1. The summed E-state index contributed by atoms with van der Waals surface area (Å²) in [6.07, 6.45) is 1.39. The van der Waals surface area contributed by atoms with E-state index in [2.05, 4.69) is 5.32 Å². The van der Waals surface area contributed by atoms with Crippen molar-refractivity contribution in [3.05, 3.63) is 81.4 Å². The first-order valence-electron chi connectivity index (χ1n) is 9.95. The number of hydrogen-bond donors (Lipinski definition) is 1. The van der Waals surface area contributed by atoms with Gasteiger partial charge >= 0.3 is 0 Å². The predicted octanol–water partition coefficient (Wildman–Crippen LogP) is 3.95. The van der Waals surface area contributed by atoms with Crippen LogP contribution in [-0.4, -0.2) is 34.5 Å². The third kappa shape index (κ3) is 4.90. The van der Waals surface area contributed by atoms with E-state index in [1.54, 1.807) is 30.3 Å². The number of imide groups is 1. The van der Waals surface area contributed by atoms with E-state index in [1.165, 1.54) is 18.2 Å². The molecule has 4 rings (SSSR count). The number of carboxylic acids is 1. The van der Waals surface area contributed by atoms with Crippen LogP contribution in [0.5, 0.6) is 0 Å². The number of furan rings is 1. The standard InChI is InChI=1S/C24H17ClN2O6S/c1-13-4-2-3-5-18(13)26-21(28)12-27-22(29)20(34-24(27)32)11-15-7-9-19(33-15)14-6-8-17(25)16(10-14)23(30)31/h2-11H,12H2,1H3,(H,26,28)(H,30,31)/p-1/b20-11+. The first kappa shape index (κ1) is 23.3. The van der Waals surface area contributed by atoms with E-state index in [9.17, 15) is 24.3 Å². The van der Waals surface area contributed by atoms with Crippen molar-refractivity contribution < 1.29 is 28.7 Å². The minimum Gasteiger partial charge on any atom is -0.545 e. The number of nitrogens with one attached hydrogen (secondary N) is 1.